The molecule has 4 nitrogen and oxygen atoms in total. The summed E-state index contributed by atoms with van der Waals surface area (Å²) in [5.41, 5.74) is 1.44. The van der Waals surface area contributed by atoms with Crippen LogP contribution in [0.1, 0.15) is 38.7 Å². The standard InChI is InChI=1S/C18H14ClNO3/c1-2-4-15-13-5-3-6-14(18(22)23)16(13)17(21)20(15)12-9-7-11(19)8-10-12/h2-3,5-10,15H,1,4H2,(H,22,23)/p-1. The highest BCUT2D eigenvalue weighted by Gasteiger charge is 2.38. The van der Waals surface area contributed by atoms with Crippen molar-refractivity contribution in [1.82, 2.24) is 0 Å². The third-order valence-corrected chi connectivity index (χ3v) is 4.17. The fourth-order valence-electron chi connectivity index (χ4n) is 2.95. The van der Waals surface area contributed by atoms with Crippen LogP contribution in [-0.2, 0) is 0 Å². The van der Waals surface area contributed by atoms with E-state index in [2.05, 4.69) is 6.58 Å². The van der Waals surface area contributed by atoms with Gasteiger partial charge in [-0.25, -0.2) is 0 Å². The number of halogens is 1. The van der Waals surface area contributed by atoms with E-state index in [4.69, 9.17) is 11.6 Å². The molecule has 1 amide bonds. The van der Waals surface area contributed by atoms with E-state index >= 15 is 0 Å². The summed E-state index contributed by atoms with van der Waals surface area (Å²) in [4.78, 5) is 25.8. The van der Waals surface area contributed by atoms with Crippen LogP contribution in [0, 0.1) is 0 Å². The third kappa shape index (κ3) is 2.51. The highest BCUT2D eigenvalue weighted by molar-refractivity contribution is 6.30. The van der Waals surface area contributed by atoms with Gasteiger partial charge in [0.05, 0.1) is 17.6 Å². The fourth-order valence-corrected chi connectivity index (χ4v) is 3.07. The highest BCUT2D eigenvalue weighted by atomic mass is 35.5. The summed E-state index contributed by atoms with van der Waals surface area (Å²) in [7, 11) is 0. The second-order valence-electron chi connectivity index (χ2n) is 5.25. The normalized spacial score (nSPS) is 16.3. The van der Waals surface area contributed by atoms with Gasteiger partial charge in [-0.05, 0) is 36.2 Å². The topological polar surface area (TPSA) is 60.4 Å². The van der Waals surface area contributed by atoms with E-state index in [9.17, 15) is 14.7 Å². The maximum atomic E-state index is 12.9. The Morgan fingerprint density at radius 2 is 1.96 bits per heavy atom. The number of carbonyl (C=O) groups excluding carboxylic acids is 2. The summed E-state index contributed by atoms with van der Waals surface area (Å²) in [6.07, 6.45) is 2.22. The van der Waals surface area contributed by atoms with E-state index < -0.39 is 5.97 Å². The van der Waals surface area contributed by atoms with Crippen LogP contribution in [0.2, 0.25) is 5.02 Å². The Kier molecular flexibility index (Phi) is 3.92. The molecule has 2 aromatic carbocycles. The molecule has 116 valence electrons. The van der Waals surface area contributed by atoms with Crippen LogP contribution in [0.4, 0.5) is 5.69 Å². The van der Waals surface area contributed by atoms with Crippen LogP contribution in [0.25, 0.3) is 0 Å². The molecular formula is C18H13ClNO3-. The third-order valence-electron chi connectivity index (χ3n) is 3.91. The lowest BCUT2D eigenvalue weighted by Gasteiger charge is -2.24. The van der Waals surface area contributed by atoms with E-state index in [1.54, 1.807) is 47.4 Å². The van der Waals surface area contributed by atoms with Crippen molar-refractivity contribution in [3.63, 3.8) is 0 Å². The zero-order chi connectivity index (χ0) is 16.6. The molecule has 0 N–H and O–H groups in total. The Labute approximate surface area is 138 Å². The summed E-state index contributed by atoms with van der Waals surface area (Å²) in [6.45, 7) is 3.73. The lowest BCUT2D eigenvalue weighted by Crippen LogP contribution is -2.29. The van der Waals surface area contributed by atoms with Gasteiger partial charge in [-0.2, -0.15) is 0 Å². The molecule has 0 aliphatic carbocycles. The summed E-state index contributed by atoms with van der Waals surface area (Å²) >= 11 is 5.90. The monoisotopic (exact) mass is 326 g/mol. The number of aromatic carboxylic acids is 1. The molecule has 0 saturated heterocycles. The minimum atomic E-state index is -1.36. The lowest BCUT2D eigenvalue weighted by molar-refractivity contribution is -0.255. The Morgan fingerprint density at radius 1 is 1.26 bits per heavy atom. The fraction of sp³-hybridized carbons (Fsp3) is 0.111. The van der Waals surface area contributed by atoms with Gasteiger partial charge in [-0.3, -0.25) is 4.79 Å². The van der Waals surface area contributed by atoms with E-state index in [-0.39, 0.29) is 23.1 Å². The van der Waals surface area contributed by atoms with E-state index in [0.29, 0.717) is 22.7 Å². The number of hydrogen-bond donors (Lipinski definition) is 0. The molecule has 1 atom stereocenters. The van der Waals surface area contributed by atoms with Crippen LogP contribution in [0.3, 0.4) is 0 Å². The molecule has 0 aromatic heterocycles. The first-order chi connectivity index (χ1) is 11.0. The van der Waals surface area contributed by atoms with Gasteiger partial charge in [0.15, 0.2) is 0 Å². The van der Waals surface area contributed by atoms with Gasteiger partial charge >= 0.3 is 0 Å². The Hall–Kier alpha value is -2.59. The van der Waals surface area contributed by atoms with Crippen LogP contribution in [-0.4, -0.2) is 11.9 Å². The largest absolute Gasteiger partial charge is 0.545 e. The summed E-state index contributed by atoms with van der Waals surface area (Å²) < 4.78 is 0. The molecule has 0 saturated carbocycles. The van der Waals surface area contributed by atoms with Gasteiger partial charge in [0.25, 0.3) is 5.91 Å². The molecule has 1 aliphatic heterocycles. The maximum absolute atomic E-state index is 12.9. The average molecular weight is 327 g/mol. The van der Waals surface area contributed by atoms with Crippen molar-refractivity contribution in [2.75, 3.05) is 4.90 Å². The van der Waals surface area contributed by atoms with E-state index in [1.165, 1.54) is 6.07 Å². The Bertz CT molecular complexity index is 798. The average Bonchev–Trinajstić information content (AvgIpc) is 2.81. The molecule has 0 radical (unpaired) electrons. The van der Waals surface area contributed by atoms with Crippen molar-refractivity contribution in [2.45, 2.75) is 12.5 Å². The second kappa shape index (κ2) is 5.89. The number of carbonyl (C=O) groups is 2. The summed E-state index contributed by atoms with van der Waals surface area (Å²) in [5, 5.41) is 11.9. The minimum Gasteiger partial charge on any atom is -0.545 e. The molecule has 1 unspecified atom stereocenters. The molecule has 23 heavy (non-hydrogen) atoms. The zero-order valence-corrected chi connectivity index (χ0v) is 12.9. The number of hydrogen-bond acceptors (Lipinski definition) is 3. The molecule has 1 heterocycles. The summed E-state index contributed by atoms with van der Waals surface area (Å²) in [6, 6.07) is 11.3. The number of carboxylic acid groups (broad SMARTS) is 1. The highest BCUT2D eigenvalue weighted by Crippen LogP contribution is 2.41. The van der Waals surface area contributed by atoms with Gasteiger partial charge in [-0.15, -0.1) is 6.58 Å². The molecule has 0 fully saturated rings. The first-order valence-corrected chi connectivity index (χ1v) is 7.46. The molecule has 0 spiro atoms. The lowest BCUT2D eigenvalue weighted by atomic mass is 9.98. The van der Waals surface area contributed by atoms with Crippen molar-refractivity contribution < 1.29 is 14.7 Å². The molecular weight excluding hydrogens is 314 g/mol. The van der Waals surface area contributed by atoms with Crippen LogP contribution < -0.4 is 10.0 Å². The van der Waals surface area contributed by atoms with Gasteiger partial charge in [-0.1, -0.05) is 35.9 Å². The van der Waals surface area contributed by atoms with Gasteiger partial charge in [0.1, 0.15) is 0 Å². The first-order valence-electron chi connectivity index (χ1n) is 7.09. The number of rotatable bonds is 4. The van der Waals surface area contributed by atoms with Gasteiger partial charge in [0, 0.05) is 16.3 Å². The molecule has 3 rings (SSSR count). The smallest absolute Gasteiger partial charge is 0.259 e. The van der Waals surface area contributed by atoms with Gasteiger partial charge < -0.3 is 14.8 Å². The van der Waals surface area contributed by atoms with Crippen molar-refractivity contribution >= 4 is 29.2 Å². The molecule has 5 heteroatoms. The van der Waals surface area contributed by atoms with E-state index in [0.717, 1.165) is 0 Å². The van der Waals surface area contributed by atoms with E-state index in [1.807, 2.05) is 0 Å². The maximum Gasteiger partial charge on any atom is 0.259 e. The van der Waals surface area contributed by atoms with Crippen molar-refractivity contribution in [3.05, 3.63) is 76.8 Å². The van der Waals surface area contributed by atoms with Crippen molar-refractivity contribution in [2.24, 2.45) is 0 Å². The number of anilines is 1. The predicted octanol–water partition coefficient (Wildman–Crippen LogP) is 2.98. The van der Waals surface area contributed by atoms with Crippen molar-refractivity contribution in [1.29, 1.82) is 0 Å². The Balaban J connectivity index is 2.17. The molecule has 2 aromatic rings. The zero-order valence-electron chi connectivity index (χ0n) is 12.2. The molecule has 0 bridgehead atoms. The van der Waals surface area contributed by atoms with Gasteiger partial charge in [0.2, 0.25) is 0 Å². The van der Waals surface area contributed by atoms with Crippen molar-refractivity contribution in [3.8, 4) is 0 Å². The quantitative estimate of drug-likeness (QED) is 0.811. The number of benzene rings is 2. The number of nitrogens with zero attached hydrogens (tertiary/aromatic N) is 1. The predicted molar refractivity (Wildman–Crippen MR) is 86.6 cm³/mol. The number of fused-ring (bicyclic) bond motifs is 1. The van der Waals surface area contributed by atoms with Crippen LogP contribution in [0.5, 0.6) is 0 Å². The van der Waals surface area contributed by atoms with Crippen LogP contribution in [0.15, 0.2) is 55.1 Å². The second-order valence-corrected chi connectivity index (χ2v) is 5.69. The minimum absolute atomic E-state index is 0.0852. The molecule has 1 aliphatic rings. The SMILES string of the molecule is C=CCC1c2cccc(C(=O)[O-])c2C(=O)N1c1ccc(Cl)cc1. The number of carboxylic acids is 1. The Morgan fingerprint density at radius 3 is 2.57 bits per heavy atom. The van der Waals surface area contributed by atoms with Crippen LogP contribution >= 0.6 is 11.6 Å². The number of amides is 1. The summed E-state index contributed by atoms with van der Waals surface area (Å²) in [5.74, 6) is -1.71. The first kappa shape index (κ1) is 15.3.